The molecule has 3 nitrogen and oxygen atoms in total. The molecular weight excluding hydrogens is 327 g/mol. The van der Waals surface area contributed by atoms with Gasteiger partial charge >= 0.3 is 0 Å². The monoisotopic (exact) mass is 346 g/mol. The summed E-state index contributed by atoms with van der Waals surface area (Å²) in [6, 6.07) is 17.7. The van der Waals surface area contributed by atoms with Crippen LogP contribution in [0.4, 0.5) is 4.39 Å². The molecule has 0 bridgehead atoms. The molecule has 4 aromatic rings. The van der Waals surface area contributed by atoms with Crippen LogP contribution < -0.4 is 10.1 Å². The van der Waals surface area contributed by atoms with Gasteiger partial charge in [-0.15, -0.1) is 0 Å². The summed E-state index contributed by atoms with van der Waals surface area (Å²) in [5.41, 5.74) is 4.56. The molecule has 0 saturated heterocycles. The van der Waals surface area contributed by atoms with Crippen LogP contribution in [0.5, 0.6) is 5.75 Å². The zero-order chi connectivity index (χ0) is 17.7. The minimum absolute atomic E-state index is 0.0840. The van der Waals surface area contributed by atoms with E-state index < -0.39 is 0 Å². The number of nitrogens with one attached hydrogen (secondary N) is 2. The van der Waals surface area contributed by atoms with Crippen LogP contribution in [-0.4, -0.2) is 18.6 Å². The van der Waals surface area contributed by atoms with E-state index in [1.807, 2.05) is 18.2 Å². The van der Waals surface area contributed by atoms with Gasteiger partial charge in [0.2, 0.25) is 0 Å². The van der Waals surface area contributed by atoms with Crippen molar-refractivity contribution in [3.63, 3.8) is 0 Å². The van der Waals surface area contributed by atoms with Gasteiger partial charge in [0.1, 0.15) is 11.6 Å². The first kappa shape index (κ1) is 15.4. The number of aromatic nitrogens is 1. The largest absolute Gasteiger partial charge is 0.497 e. The lowest BCUT2D eigenvalue weighted by atomic mass is 9.93. The van der Waals surface area contributed by atoms with Crippen molar-refractivity contribution in [2.75, 3.05) is 13.7 Å². The predicted octanol–water partition coefficient (Wildman–Crippen LogP) is 4.70. The van der Waals surface area contributed by atoms with Crippen molar-refractivity contribution in [3.05, 3.63) is 77.2 Å². The summed E-state index contributed by atoms with van der Waals surface area (Å²) in [5, 5.41) is 6.94. The van der Waals surface area contributed by atoms with Crippen molar-refractivity contribution in [2.45, 2.75) is 12.5 Å². The van der Waals surface area contributed by atoms with Crippen molar-refractivity contribution >= 4 is 21.7 Å². The summed E-state index contributed by atoms with van der Waals surface area (Å²) in [4.78, 5) is 3.51. The zero-order valence-corrected chi connectivity index (χ0v) is 14.5. The Kier molecular flexibility index (Phi) is 3.47. The Balaban J connectivity index is 1.63. The van der Waals surface area contributed by atoms with Gasteiger partial charge in [-0.1, -0.05) is 18.2 Å². The average molecular weight is 346 g/mol. The van der Waals surface area contributed by atoms with E-state index in [4.69, 9.17) is 4.74 Å². The number of rotatable bonds is 2. The third kappa shape index (κ3) is 2.37. The van der Waals surface area contributed by atoms with Gasteiger partial charge in [0.15, 0.2) is 0 Å². The lowest BCUT2D eigenvalue weighted by Crippen LogP contribution is -2.30. The number of methoxy groups -OCH3 is 1. The first-order valence-electron chi connectivity index (χ1n) is 8.84. The number of aromatic amines is 1. The third-order valence-corrected chi connectivity index (χ3v) is 5.32. The van der Waals surface area contributed by atoms with Crippen molar-refractivity contribution < 1.29 is 9.13 Å². The molecule has 0 amide bonds. The molecule has 5 rings (SSSR count). The fourth-order valence-electron chi connectivity index (χ4n) is 4.03. The highest BCUT2D eigenvalue weighted by atomic mass is 19.1. The number of hydrogen-bond donors (Lipinski definition) is 2. The lowest BCUT2D eigenvalue weighted by Gasteiger charge is -2.25. The fourth-order valence-corrected chi connectivity index (χ4v) is 4.03. The Bertz CT molecular complexity index is 1130. The molecule has 4 heteroatoms. The number of hydrogen-bond acceptors (Lipinski definition) is 2. The molecule has 0 radical (unpaired) electrons. The zero-order valence-electron chi connectivity index (χ0n) is 14.5. The second-order valence-electron chi connectivity index (χ2n) is 6.82. The van der Waals surface area contributed by atoms with Crippen LogP contribution in [0.3, 0.4) is 0 Å². The highest BCUT2D eigenvalue weighted by molar-refractivity contribution is 5.87. The van der Waals surface area contributed by atoms with Gasteiger partial charge in [0.25, 0.3) is 0 Å². The number of H-pyrrole nitrogens is 1. The van der Waals surface area contributed by atoms with Gasteiger partial charge in [-0.3, -0.25) is 0 Å². The third-order valence-electron chi connectivity index (χ3n) is 5.32. The van der Waals surface area contributed by atoms with E-state index in [2.05, 4.69) is 34.6 Å². The van der Waals surface area contributed by atoms with Gasteiger partial charge in [-0.2, -0.15) is 0 Å². The molecular formula is C22H19FN2O. The van der Waals surface area contributed by atoms with Gasteiger partial charge < -0.3 is 15.0 Å². The Morgan fingerprint density at radius 1 is 1.00 bits per heavy atom. The van der Waals surface area contributed by atoms with Crippen LogP contribution in [0, 0.1) is 5.82 Å². The summed E-state index contributed by atoms with van der Waals surface area (Å²) >= 11 is 0. The van der Waals surface area contributed by atoms with Crippen molar-refractivity contribution in [1.29, 1.82) is 0 Å². The van der Waals surface area contributed by atoms with E-state index in [0.717, 1.165) is 40.7 Å². The van der Waals surface area contributed by atoms with E-state index in [-0.39, 0.29) is 11.9 Å². The fraction of sp³-hybridized carbons (Fsp3) is 0.182. The molecule has 0 spiro atoms. The second kappa shape index (κ2) is 5.85. The molecule has 2 heterocycles. The quantitative estimate of drug-likeness (QED) is 0.552. The van der Waals surface area contributed by atoms with Gasteiger partial charge in [-0.05, 0) is 64.7 Å². The van der Waals surface area contributed by atoms with Crippen LogP contribution in [0.1, 0.15) is 22.9 Å². The van der Waals surface area contributed by atoms with E-state index in [1.165, 1.54) is 22.6 Å². The lowest BCUT2D eigenvalue weighted by molar-refractivity contribution is 0.415. The maximum atomic E-state index is 13.7. The molecule has 3 aromatic carbocycles. The first-order chi connectivity index (χ1) is 12.7. The van der Waals surface area contributed by atoms with Crippen molar-refractivity contribution in [2.24, 2.45) is 0 Å². The molecule has 1 aliphatic heterocycles. The molecule has 0 saturated carbocycles. The summed E-state index contributed by atoms with van der Waals surface area (Å²) in [6.45, 7) is 0.877. The van der Waals surface area contributed by atoms with E-state index in [0.29, 0.717) is 0 Å². The Morgan fingerprint density at radius 2 is 1.85 bits per heavy atom. The Morgan fingerprint density at radius 3 is 2.73 bits per heavy atom. The molecule has 130 valence electrons. The predicted molar refractivity (Wildman–Crippen MR) is 102 cm³/mol. The number of ether oxygens (including phenoxy) is 1. The molecule has 0 aliphatic carbocycles. The summed E-state index contributed by atoms with van der Waals surface area (Å²) in [7, 11) is 1.68. The Labute approximate surface area is 150 Å². The number of halogens is 1. The van der Waals surface area contributed by atoms with Crippen LogP contribution >= 0.6 is 0 Å². The van der Waals surface area contributed by atoms with Gasteiger partial charge in [0.05, 0.1) is 13.2 Å². The van der Waals surface area contributed by atoms with Crippen molar-refractivity contribution in [3.8, 4) is 5.75 Å². The second-order valence-corrected chi connectivity index (χ2v) is 6.82. The normalized spacial score (nSPS) is 16.8. The summed E-state index contributed by atoms with van der Waals surface area (Å²) < 4.78 is 19.0. The van der Waals surface area contributed by atoms with Crippen LogP contribution in [0.15, 0.2) is 54.6 Å². The molecule has 0 fully saturated rings. The Hall–Kier alpha value is -2.85. The molecule has 1 aliphatic rings. The first-order valence-corrected chi connectivity index (χ1v) is 8.84. The van der Waals surface area contributed by atoms with E-state index >= 15 is 0 Å². The SMILES string of the molecule is COc1ccc2cc(C3NCCc4c3[nH]c3ccc(F)cc43)ccc2c1. The molecule has 1 unspecified atom stereocenters. The average Bonchev–Trinajstić information content (AvgIpc) is 3.05. The highest BCUT2D eigenvalue weighted by Crippen LogP contribution is 2.35. The maximum Gasteiger partial charge on any atom is 0.123 e. The topological polar surface area (TPSA) is 37.0 Å². The standard InChI is InChI=1S/C22H19FN2O/c1-26-17-6-4-13-10-15(3-2-14(13)11-17)21-22-18(8-9-24-21)19-12-16(23)5-7-20(19)25-22/h2-7,10-12,21,24-25H,8-9H2,1H3. The van der Waals surface area contributed by atoms with E-state index in [9.17, 15) is 4.39 Å². The minimum Gasteiger partial charge on any atom is -0.497 e. The summed E-state index contributed by atoms with van der Waals surface area (Å²) in [6.07, 6.45) is 0.903. The van der Waals surface area contributed by atoms with Crippen molar-refractivity contribution in [1.82, 2.24) is 10.3 Å². The highest BCUT2D eigenvalue weighted by Gasteiger charge is 2.25. The van der Waals surface area contributed by atoms with Crippen LogP contribution in [0.25, 0.3) is 21.7 Å². The summed E-state index contributed by atoms with van der Waals surface area (Å²) in [5.74, 6) is 0.676. The number of benzene rings is 3. The molecule has 2 N–H and O–H groups in total. The van der Waals surface area contributed by atoms with Gasteiger partial charge in [-0.25, -0.2) is 4.39 Å². The molecule has 26 heavy (non-hydrogen) atoms. The molecule has 1 atom stereocenters. The van der Waals surface area contributed by atoms with Crippen LogP contribution in [0.2, 0.25) is 0 Å². The molecule has 1 aromatic heterocycles. The minimum atomic E-state index is -0.186. The van der Waals surface area contributed by atoms with Crippen LogP contribution in [-0.2, 0) is 6.42 Å². The maximum absolute atomic E-state index is 13.7. The number of fused-ring (bicyclic) bond motifs is 4. The van der Waals surface area contributed by atoms with Gasteiger partial charge in [0, 0.05) is 23.1 Å². The smallest absolute Gasteiger partial charge is 0.123 e. The van der Waals surface area contributed by atoms with E-state index in [1.54, 1.807) is 13.2 Å².